The summed E-state index contributed by atoms with van der Waals surface area (Å²) >= 11 is 0. The summed E-state index contributed by atoms with van der Waals surface area (Å²) in [5, 5.41) is 15.8. The summed E-state index contributed by atoms with van der Waals surface area (Å²) in [6, 6.07) is 10.1. The van der Waals surface area contributed by atoms with Crippen LogP contribution in [0.5, 0.6) is 0 Å². The second-order valence-corrected chi connectivity index (χ2v) is 4.69. The Labute approximate surface area is 126 Å². The number of anilines is 2. The molecule has 0 aromatic heterocycles. The van der Waals surface area contributed by atoms with Gasteiger partial charge in [0.15, 0.2) is 0 Å². The molecule has 0 bridgehead atoms. The van der Waals surface area contributed by atoms with Gasteiger partial charge < -0.3 is 10.6 Å². The number of amides is 1. The molecule has 0 saturated heterocycles. The van der Waals surface area contributed by atoms with Crippen molar-refractivity contribution in [3.05, 3.63) is 64.0 Å². The van der Waals surface area contributed by atoms with E-state index in [-0.39, 0.29) is 23.8 Å². The Hall–Kier alpha value is -2.96. The first-order valence-corrected chi connectivity index (χ1v) is 6.50. The van der Waals surface area contributed by atoms with Crippen molar-refractivity contribution in [3.63, 3.8) is 0 Å². The molecule has 2 aromatic rings. The molecular formula is C15H14FN3O3. The zero-order chi connectivity index (χ0) is 16.1. The molecule has 0 aliphatic heterocycles. The van der Waals surface area contributed by atoms with E-state index in [9.17, 15) is 19.3 Å². The van der Waals surface area contributed by atoms with E-state index < -0.39 is 10.7 Å². The Morgan fingerprint density at radius 2 is 1.91 bits per heavy atom. The van der Waals surface area contributed by atoms with Crippen LogP contribution in [0.1, 0.15) is 5.56 Å². The van der Waals surface area contributed by atoms with Crippen LogP contribution in [0.4, 0.5) is 21.5 Å². The van der Waals surface area contributed by atoms with Gasteiger partial charge in [0.25, 0.3) is 5.69 Å². The normalized spacial score (nSPS) is 10.1. The fourth-order valence-electron chi connectivity index (χ4n) is 1.81. The van der Waals surface area contributed by atoms with Crippen molar-refractivity contribution in [2.75, 3.05) is 17.2 Å². The van der Waals surface area contributed by atoms with Gasteiger partial charge in [-0.15, -0.1) is 0 Å². The minimum Gasteiger partial charge on any atom is -0.374 e. The first-order valence-electron chi connectivity index (χ1n) is 6.50. The van der Waals surface area contributed by atoms with Crippen molar-refractivity contribution < 1.29 is 14.1 Å². The number of halogens is 1. The molecule has 0 unspecified atom stereocenters. The number of non-ortho nitro benzene ring substituents is 1. The second kappa shape index (κ2) is 6.66. The zero-order valence-electron chi connectivity index (χ0n) is 11.8. The van der Waals surface area contributed by atoms with Gasteiger partial charge in [0.1, 0.15) is 5.82 Å². The lowest BCUT2D eigenvalue weighted by atomic mass is 10.2. The SMILES string of the molecule is Cc1ccc(NCC(=O)Nc2ccc([N+](=O)[O-])cc2)c(F)c1. The fraction of sp³-hybridized carbons (Fsp3) is 0.133. The Morgan fingerprint density at radius 1 is 1.23 bits per heavy atom. The summed E-state index contributed by atoms with van der Waals surface area (Å²) in [6.07, 6.45) is 0. The number of aryl methyl sites for hydroxylation is 1. The lowest BCUT2D eigenvalue weighted by Gasteiger charge is -2.09. The Kier molecular flexibility index (Phi) is 4.67. The van der Waals surface area contributed by atoms with Gasteiger partial charge in [-0.05, 0) is 36.8 Å². The fourth-order valence-corrected chi connectivity index (χ4v) is 1.81. The van der Waals surface area contributed by atoms with Crippen LogP contribution in [0.2, 0.25) is 0 Å². The molecule has 2 rings (SSSR count). The highest BCUT2D eigenvalue weighted by Gasteiger charge is 2.08. The summed E-state index contributed by atoms with van der Waals surface area (Å²) in [5.74, 6) is -0.808. The topological polar surface area (TPSA) is 84.3 Å². The molecule has 0 spiro atoms. The number of nitrogens with one attached hydrogen (secondary N) is 2. The molecule has 0 saturated carbocycles. The van der Waals surface area contributed by atoms with Crippen molar-refractivity contribution in [1.82, 2.24) is 0 Å². The maximum atomic E-state index is 13.6. The maximum absolute atomic E-state index is 13.6. The molecule has 0 atom stereocenters. The van der Waals surface area contributed by atoms with Crippen molar-refractivity contribution >= 4 is 23.0 Å². The summed E-state index contributed by atoms with van der Waals surface area (Å²) in [4.78, 5) is 21.8. The van der Waals surface area contributed by atoms with Gasteiger partial charge in [-0.25, -0.2) is 4.39 Å². The van der Waals surface area contributed by atoms with Gasteiger partial charge in [0.05, 0.1) is 17.2 Å². The van der Waals surface area contributed by atoms with Crippen LogP contribution < -0.4 is 10.6 Å². The van der Waals surface area contributed by atoms with Gasteiger partial charge in [0.2, 0.25) is 5.91 Å². The van der Waals surface area contributed by atoms with E-state index >= 15 is 0 Å². The van der Waals surface area contributed by atoms with Crippen molar-refractivity contribution in [2.24, 2.45) is 0 Å². The highest BCUT2D eigenvalue weighted by molar-refractivity contribution is 5.93. The van der Waals surface area contributed by atoms with E-state index in [1.54, 1.807) is 19.1 Å². The summed E-state index contributed by atoms with van der Waals surface area (Å²) < 4.78 is 13.6. The molecule has 0 aliphatic rings. The highest BCUT2D eigenvalue weighted by Crippen LogP contribution is 2.16. The van der Waals surface area contributed by atoms with Crippen molar-refractivity contribution in [3.8, 4) is 0 Å². The largest absolute Gasteiger partial charge is 0.374 e. The lowest BCUT2D eigenvalue weighted by molar-refractivity contribution is -0.384. The molecule has 0 radical (unpaired) electrons. The molecule has 2 N–H and O–H groups in total. The molecule has 114 valence electrons. The van der Waals surface area contributed by atoms with Gasteiger partial charge in [-0.1, -0.05) is 6.07 Å². The van der Waals surface area contributed by atoms with E-state index in [0.717, 1.165) is 5.56 Å². The first-order chi connectivity index (χ1) is 10.5. The van der Waals surface area contributed by atoms with Crippen LogP contribution in [-0.2, 0) is 4.79 Å². The van der Waals surface area contributed by atoms with Crippen LogP contribution >= 0.6 is 0 Å². The number of hydrogen-bond donors (Lipinski definition) is 2. The van der Waals surface area contributed by atoms with E-state index in [4.69, 9.17) is 0 Å². The van der Waals surface area contributed by atoms with Gasteiger partial charge in [-0.3, -0.25) is 14.9 Å². The molecular weight excluding hydrogens is 289 g/mol. The third kappa shape index (κ3) is 4.02. The van der Waals surface area contributed by atoms with E-state index in [0.29, 0.717) is 5.69 Å². The van der Waals surface area contributed by atoms with Crippen LogP contribution in [-0.4, -0.2) is 17.4 Å². The van der Waals surface area contributed by atoms with Gasteiger partial charge in [-0.2, -0.15) is 0 Å². The molecule has 1 amide bonds. The molecule has 0 aliphatic carbocycles. The summed E-state index contributed by atoms with van der Waals surface area (Å²) in [7, 11) is 0. The van der Waals surface area contributed by atoms with Crippen molar-refractivity contribution in [2.45, 2.75) is 6.92 Å². The second-order valence-electron chi connectivity index (χ2n) is 4.69. The number of nitrogens with zero attached hydrogens (tertiary/aromatic N) is 1. The predicted octanol–water partition coefficient (Wildman–Crippen LogP) is 3.09. The number of carbonyl (C=O) groups excluding carboxylic acids is 1. The van der Waals surface area contributed by atoms with E-state index in [2.05, 4.69) is 10.6 Å². The van der Waals surface area contributed by atoms with Crippen LogP contribution in [0.3, 0.4) is 0 Å². The molecule has 0 fully saturated rings. The number of nitro groups is 1. The number of nitro benzene ring substituents is 1. The first kappa shape index (κ1) is 15.4. The third-order valence-electron chi connectivity index (χ3n) is 2.93. The Balaban J connectivity index is 1.91. The minimum atomic E-state index is -0.521. The van der Waals surface area contributed by atoms with Crippen molar-refractivity contribution in [1.29, 1.82) is 0 Å². The van der Waals surface area contributed by atoms with E-state index in [1.807, 2.05) is 0 Å². The molecule has 6 nitrogen and oxygen atoms in total. The molecule has 22 heavy (non-hydrogen) atoms. The number of hydrogen-bond acceptors (Lipinski definition) is 4. The monoisotopic (exact) mass is 303 g/mol. The zero-order valence-corrected chi connectivity index (χ0v) is 11.8. The average Bonchev–Trinajstić information content (AvgIpc) is 2.47. The third-order valence-corrected chi connectivity index (χ3v) is 2.93. The van der Waals surface area contributed by atoms with Crippen LogP contribution in [0, 0.1) is 22.9 Å². The maximum Gasteiger partial charge on any atom is 0.269 e. The molecule has 0 heterocycles. The minimum absolute atomic E-state index is 0.0575. The smallest absolute Gasteiger partial charge is 0.269 e. The number of carbonyl (C=O) groups is 1. The van der Waals surface area contributed by atoms with Crippen LogP contribution in [0.25, 0.3) is 0 Å². The lowest BCUT2D eigenvalue weighted by Crippen LogP contribution is -2.22. The average molecular weight is 303 g/mol. The number of rotatable bonds is 5. The Bertz CT molecular complexity index is 702. The van der Waals surface area contributed by atoms with Crippen LogP contribution in [0.15, 0.2) is 42.5 Å². The number of benzene rings is 2. The highest BCUT2D eigenvalue weighted by atomic mass is 19.1. The predicted molar refractivity (Wildman–Crippen MR) is 81.4 cm³/mol. The molecule has 2 aromatic carbocycles. The Morgan fingerprint density at radius 3 is 2.50 bits per heavy atom. The van der Waals surface area contributed by atoms with Gasteiger partial charge >= 0.3 is 0 Å². The molecule has 7 heteroatoms. The standard InChI is InChI=1S/C15H14FN3O3/c1-10-2-7-14(13(16)8-10)17-9-15(20)18-11-3-5-12(6-4-11)19(21)22/h2-8,17H,9H2,1H3,(H,18,20). The quantitative estimate of drug-likeness (QED) is 0.656. The van der Waals surface area contributed by atoms with Gasteiger partial charge in [0, 0.05) is 17.8 Å². The summed E-state index contributed by atoms with van der Waals surface area (Å²) in [6.45, 7) is 1.66. The summed E-state index contributed by atoms with van der Waals surface area (Å²) in [5.41, 5.74) is 1.41. The van der Waals surface area contributed by atoms with E-state index in [1.165, 1.54) is 30.3 Å².